The minimum atomic E-state index is -1.38. The van der Waals surface area contributed by atoms with Crippen molar-refractivity contribution in [2.24, 2.45) is 11.8 Å². The molecular weight excluding hydrogens is 562 g/mol. The number of hydrogen-bond acceptors (Lipinski definition) is 7. The van der Waals surface area contributed by atoms with E-state index >= 15 is 0 Å². The van der Waals surface area contributed by atoms with Gasteiger partial charge in [-0.1, -0.05) is 65.2 Å². The molecule has 0 bridgehead atoms. The van der Waals surface area contributed by atoms with Gasteiger partial charge in [0, 0.05) is 12.1 Å². The number of carbonyl (C=O) groups excluding carboxylic acids is 4. The summed E-state index contributed by atoms with van der Waals surface area (Å²) in [4.78, 5) is 51.7. The number of esters is 1. The van der Waals surface area contributed by atoms with E-state index in [1.807, 2.05) is 13.8 Å². The highest BCUT2D eigenvalue weighted by Crippen LogP contribution is 2.30. The molecule has 3 amide bonds. The number of aliphatic hydroxyl groups excluding tert-OH is 1. The molecule has 1 aliphatic rings. The fourth-order valence-electron chi connectivity index (χ4n) is 5.81. The molecule has 0 radical (unpaired) electrons. The molecule has 44 heavy (non-hydrogen) atoms. The minimum Gasteiger partial charge on any atom is -0.465 e. The molecular formula is C34H55N3O7. The first kappa shape index (κ1) is 37.2. The third-order valence-corrected chi connectivity index (χ3v) is 8.62. The molecule has 0 spiro atoms. The summed E-state index contributed by atoms with van der Waals surface area (Å²) < 4.78 is 4.72. The zero-order chi connectivity index (χ0) is 32.7. The number of rotatable bonds is 18. The molecule has 5 N–H and O–H groups in total. The Kier molecular flexibility index (Phi) is 15.8. The predicted molar refractivity (Wildman–Crippen MR) is 170 cm³/mol. The molecule has 1 aromatic rings. The lowest BCUT2D eigenvalue weighted by molar-refractivity contribution is -0.135. The van der Waals surface area contributed by atoms with E-state index in [-0.39, 0.29) is 12.3 Å². The molecule has 4 atom stereocenters. The largest absolute Gasteiger partial charge is 0.465 e. The number of unbranched alkanes of at least 4 members (excludes halogenated alkanes) is 2. The Morgan fingerprint density at radius 3 is 2.11 bits per heavy atom. The maximum atomic E-state index is 13.7. The van der Waals surface area contributed by atoms with Gasteiger partial charge in [0.2, 0.25) is 11.8 Å². The van der Waals surface area contributed by atoms with Crippen molar-refractivity contribution in [2.75, 3.05) is 13.7 Å². The molecule has 1 saturated carbocycles. The van der Waals surface area contributed by atoms with Crippen LogP contribution in [0.2, 0.25) is 0 Å². The number of hydrogen-bond donors (Lipinski definition) is 5. The van der Waals surface area contributed by atoms with E-state index < -0.39 is 47.5 Å². The Hall–Kier alpha value is -2.98. The second kappa shape index (κ2) is 18.7. The van der Waals surface area contributed by atoms with Crippen LogP contribution in [0.1, 0.15) is 125 Å². The Labute approximate surface area is 263 Å². The van der Waals surface area contributed by atoms with E-state index in [4.69, 9.17) is 4.74 Å². The Morgan fingerprint density at radius 1 is 0.932 bits per heavy atom. The van der Waals surface area contributed by atoms with E-state index in [1.54, 1.807) is 13.8 Å². The quantitative estimate of drug-likeness (QED) is 0.122. The van der Waals surface area contributed by atoms with E-state index in [2.05, 4.69) is 16.0 Å². The fraction of sp³-hybridized carbons (Fsp3) is 0.706. The standard InChI is InChI=1S/C34H55N3O7/c1-6-8-15-27(36-30(39)24-16-18-25(19-17-24)33(42)44-5)32(41)37-28(21-23-13-11-10-12-14-23)29(38)22-26(34(3,4)43)31(40)35-20-9-7-2/h16-19,23,26-29,38,43H,6-15,20-22H2,1-5H3,(H,35,40)(H,36,39)(H,37,41)/t26-,27+,28+,29+/m1/s1. The highest BCUT2D eigenvalue weighted by atomic mass is 16.5. The number of carbonyl (C=O) groups is 4. The molecule has 10 heteroatoms. The third kappa shape index (κ3) is 12.2. The van der Waals surface area contributed by atoms with Crippen molar-refractivity contribution in [3.63, 3.8) is 0 Å². The van der Waals surface area contributed by atoms with Gasteiger partial charge in [0.15, 0.2) is 0 Å². The van der Waals surface area contributed by atoms with E-state index in [1.165, 1.54) is 37.8 Å². The van der Waals surface area contributed by atoms with E-state index in [0.29, 0.717) is 42.9 Å². The van der Waals surface area contributed by atoms with Crippen LogP contribution in [0.15, 0.2) is 24.3 Å². The zero-order valence-electron chi connectivity index (χ0n) is 27.3. The summed E-state index contributed by atoms with van der Waals surface area (Å²) in [5.41, 5.74) is -0.766. The van der Waals surface area contributed by atoms with Gasteiger partial charge in [-0.3, -0.25) is 14.4 Å². The van der Waals surface area contributed by atoms with Crippen molar-refractivity contribution in [3.05, 3.63) is 35.4 Å². The smallest absolute Gasteiger partial charge is 0.337 e. The molecule has 1 aliphatic carbocycles. The van der Waals surface area contributed by atoms with Crippen LogP contribution in [-0.2, 0) is 14.3 Å². The second-order valence-electron chi connectivity index (χ2n) is 12.7. The normalized spacial score (nSPS) is 16.7. The van der Waals surface area contributed by atoms with Gasteiger partial charge < -0.3 is 30.9 Å². The highest BCUT2D eigenvalue weighted by Gasteiger charge is 2.38. The minimum absolute atomic E-state index is 0.0162. The summed E-state index contributed by atoms with van der Waals surface area (Å²) in [7, 11) is 1.28. The first-order valence-electron chi connectivity index (χ1n) is 16.4. The van der Waals surface area contributed by atoms with Crippen LogP contribution in [0.5, 0.6) is 0 Å². The van der Waals surface area contributed by atoms with Gasteiger partial charge in [-0.2, -0.15) is 0 Å². The van der Waals surface area contributed by atoms with Crippen LogP contribution >= 0.6 is 0 Å². The zero-order valence-corrected chi connectivity index (χ0v) is 27.3. The van der Waals surface area contributed by atoms with Crippen molar-refractivity contribution >= 4 is 23.7 Å². The average molecular weight is 618 g/mol. The van der Waals surface area contributed by atoms with Crippen LogP contribution < -0.4 is 16.0 Å². The molecule has 248 valence electrons. The van der Waals surface area contributed by atoms with Crippen LogP contribution in [0.3, 0.4) is 0 Å². The van der Waals surface area contributed by atoms with Gasteiger partial charge >= 0.3 is 5.97 Å². The van der Waals surface area contributed by atoms with Gasteiger partial charge in [0.25, 0.3) is 5.91 Å². The maximum Gasteiger partial charge on any atom is 0.337 e. The number of aliphatic hydroxyl groups is 2. The molecule has 1 aromatic carbocycles. The summed E-state index contributed by atoms with van der Waals surface area (Å²) in [5, 5.41) is 31.1. The van der Waals surface area contributed by atoms with Gasteiger partial charge in [-0.15, -0.1) is 0 Å². The summed E-state index contributed by atoms with van der Waals surface area (Å²) in [6, 6.07) is 4.51. The number of amides is 3. The molecule has 0 unspecified atom stereocenters. The third-order valence-electron chi connectivity index (χ3n) is 8.62. The van der Waals surface area contributed by atoms with Crippen molar-refractivity contribution in [3.8, 4) is 0 Å². The van der Waals surface area contributed by atoms with Crippen LogP contribution in [0.4, 0.5) is 0 Å². The monoisotopic (exact) mass is 617 g/mol. The summed E-state index contributed by atoms with van der Waals surface area (Å²) in [5.74, 6) is -2.23. The lowest BCUT2D eigenvalue weighted by Gasteiger charge is -2.35. The predicted octanol–water partition coefficient (Wildman–Crippen LogP) is 4.27. The van der Waals surface area contributed by atoms with E-state index in [0.717, 1.165) is 44.9 Å². The topological polar surface area (TPSA) is 154 Å². The first-order valence-corrected chi connectivity index (χ1v) is 16.4. The molecule has 10 nitrogen and oxygen atoms in total. The highest BCUT2D eigenvalue weighted by molar-refractivity contribution is 5.98. The summed E-state index contributed by atoms with van der Waals surface area (Å²) in [6.45, 7) is 7.64. The van der Waals surface area contributed by atoms with Gasteiger partial charge in [0.1, 0.15) is 6.04 Å². The van der Waals surface area contributed by atoms with Crippen molar-refractivity contribution < 1.29 is 34.1 Å². The van der Waals surface area contributed by atoms with Gasteiger partial charge in [-0.25, -0.2) is 4.79 Å². The maximum absolute atomic E-state index is 13.7. The molecule has 2 rings (SSSR count). The number of ether oxygens (including phenoxy) is 1. The molecule has 0 aliphatic heterocycles. The van der Waals surface area contributed by atoms with Crippen molar-refractivity contribution in [1.82, 2.24) is 16.0 Å². The van der Waals surface area contributed by atoms with Gasteiger partial charge in [0.05, 0.1) is 36.3 Å². The van der Waals surface area contributed by atoms with Crippen molar-refractivity contribution in [2.45, 2.75) is 129 Å². The Bertz CT molecular complexity index is 1050. The SMILES string of the molecule is CCCCNC(=O)[C@@H](C[C@H](O)[C@H](CC1CCCCC1)NC(=O)[C@H](CCCC)NC(=O)c1ccc(C(=O)OC)cc1)C(C)(C)O. The lowest BCUT2D eigenvalue weighted by atomic mass is 9.80. The molecule has 0 aromatic heterocycles. The van der Waals surface area contributed by atoms with Crippen LogP contribution in [0, 0.1) is 11.8 Å². The lowest BCUT2D eigenvalue weighted by Crippen LogP contribution is -2.54. The Morgan fingerprint density at radius 2 is 1.55 bits per heavy atom. The van der Waals surface area contributed by atoms with Crippen LogP contribution in [0.25, 0.3) is 0 Å². The molecule has 0 heterocycles. The number of nitrogens with one attached hydrogen (secondary N) is 3. The van der Waals surface area contributed by atoms with Crippen molar-refractivity contribution in [1.29, 1.82) is 0 Å². The van der Waals surface area contributed by atoms with Crippen LogP contribution in [-0.4, -0.2) is 71.3 Å². The number of methoxy groups -OCH3 is 1. The molecule has 1 fully saturated rings. The summed E-state index contributed by atoms with van der Waals surface area (Å²) in [6.07, 6.45) is 8.48. The number of benzene rings is 1. The summed E-state index contributed by atoms with van der Waals surface area (Å²) >= 11 is 0. The molecule has 0 saturated heterocycles. The first-order chi connectivity index (χ1) is 20.9. The fourth-order valence-corrected chi connectivity index (χ4v) is 5.81. The van der Waals surface area contributed by atoms with E-state index in [9.17, 15) is 29.4 Å². The Balaban J connectivity index is 2.24. The average Bonchev–Trinajstić information content (AvgIpc) is 3.00. The second-order valence-corrected chi connectivity index (χ2v) is 12.7. The van der Waals surface area contributed by atoms with Gasteiger partial charge in [-0.05, 0) is 69.7 Å².